The van der Waals surface area contributed by atoms with E-state index in [1.807, 2.05) is 17.0 Å². The zero-order valence-electron chi connectivity index (χ0n) is 17.3. The Morgan fingerprint density at radius 2 is 2.04 bits per heavy atom. The number of anilines is 2. The van der Waals surface area contributed by atoms with Crippen LogP contribution in [0.4, 0.5) is 15.9 Å². The third-order valence-electron chi connectivity index (χ3n) is 5.17. The monoisotopic (exact) mass is 383 g/mol. The summed E-state index contributed by atoms with van der Waals surface area (Å²) < 4.78 is 20.9. The molecule has 0 unspecified atom stereocenters. The molecule has 2 atom stereocenters. The van der Waals surface area contributed by atoms with Crippen molar-refractivity contribution in [3.8, 4) is 5.75 Å². The summed E-state index contributed by atoms with van der Waals surface area (Å²) >= 11 is 0. The number of halogens is 1. The summed E-state index contributed by atoms with van der Waals surface area (Å²) in [5.74, 6) is 1.40. The van der Waals surface area contributed by atoms with Crippen molar-refractivity contribution in [1.82, 2.24) is 4.98 Å². The minimum absolute atomic E-state index is 0.0501. The van der Waals surface area contributed by atoms with Gasteiger partial charge < -0.3 is 14.5 Å². The van der Waals surface area contributed by atoms with Crippen molar-refractivity contribution < 1.29 is 9.13 Å². The van der Waals surface area contributed by atoms with Crippen molar-refractivity contribution in [1.29, 1.82) is 0 Å². The SMILES string of the molecule is C=C(C)C[C@@H](C)c1ccc(O[C@@H]2CCN(c3ccnc(N(C)C)c3F)C2)cc1. The number of aromatic nitrogens is 1. The first-order valence-electron chi connectivity index (χ1n) is 9.83. The van der Waals surface area contributed by atoms with Crippen molar-refractivity contribution in [2.45, 2.75) is 38.7 Å². The molecule has 1 saturated heterocycles. The van der Waals surface area contributed by atoms with E-state index in [0.29, 0.717) is 24.0 Å². The van der Waals surface area contributed by atoms with Crippen LogP contribution in [0.15, 0.2) is 48.7 Å². The van der Waals surface area contributed by atoms with Gasteiger partial charge >= 0.3 is 0 Å². The van der Waals surface area contributed by atoms with Gasteiger partial charge in [0.25, 0.3) is 0 Å². The smallest absolute Gasteiger partial charge is 0.188 e. The summed E-state index contributed by atoms with van der Waals surface area (Å²) in [5, 5.41) is 0. The molecular weight excluding hydrogens is 353 g/mol. The highest BCUT2D eigenvalue weighted by Crippen LogP contribution is 2.30. The molecule has 1 aliphatic heterocycles. The van der Waals surface area contributed by atoms with E-state index in [0.717, 1.165) is 25.1 Å². The van der Waals surface area contributed by atoms with E-state index in [2.05, 4.69) is 37.5 Å². The Morgan fingerprint density at radius 3 is 2.68 bits per heavy atom. The van der Waals surface area contributed by atoms with Gasteiger partial charge in [0, 0.05) is 33.3 Å². The van der Waals surface area contributed by atoms with Crippen molar-refractivity contribution in [3.63, 3.8) is 0 Å². The molecule has 1 fully saturated rings. The number of nitrogens with zero attached hydrogens (tertiary/aromatic N) is 3. The van der Waals surface area contributed by atoms with E-state index < -0.39 is 0 Å². The number of pyridine rings is 1. The van der Waals surface area contributed by atoms with Gasteiger partial charge in [0.15, 0.2) is 11.6 Å². The second-order valence-corrected chi connectivity index (χ2v) is 7.97. The fraction of sp³-hybridized carbons (Fsp3) is 0.435. The third-order valence-corrected chi connectivity index (χ3v) is 5.17. The fourth-order valence-electron chi connectivity index (χ4n) is 3.73. The van der Waals surface area contributed by atoms with E-state index in [9.17, 15) is 4.39 Å². The summed E-state index contributed by atoms with van der Waals surface area (Å²) in [6.45, 7) is 9.71. The molecule has 150 valence electrons. The molecule has 4 nitrogen and oxygen atoms in total. The minimum Gasteiger partial charge on any atom is -0.489 e. The van der Waals surface area contributed by atoms with E-state index in [4.69, 9.17) is 4.74 Å². The molecule has 0 aliphatic carbocycles. The normalized spacial score (nSPS) is 17.5. The van der Waals surface area contributed by atoms with Gasteiger partial charge in [-0.15, -0.1) is 6.58 Å². The maximum absolute atomic E-state index is 14.7. The van der Waals surface area contributed by atoms with Crippen molar-refractivity contribution in [2.75, 3.05) is 37.0 Å². The molecule has 28 heavy (non-hydrogen) atoms. The van der Waals surface area contributed by atoms with Gasteiger partial charge in [0.2, 0.25) is 0 Å². The summed E-state index contributed by atoms with van der Waals surface area (Å²) in [5.41, 5.74) is 3.08. The lowest BCUT2D eigenvalue weighted by Crippen LogP contribution is -2.26. The molecule has 1 aromatic heterocycles. The van der Waals surface area contributed by atoms with Crippen LogP contribution in [-0.2, 0) is 0 Å². The third kappa shape index (κ3) is 4.64. The molecule has 0 spiro atoms. The van der Waals surface area contributed by atoms with Gasteiger partial charge in [-0.3, -0.25) is 0 Å². The van der Waals surface area contributed by atoms with Crippen LogP contribution in [0.3, 0.4) is 0 Å². The van der Waals surface area contributed by atoms with Crippen LogP contribution in [0.5, 0.6) is 5.75 Å². The number of ether oxygens (including phenoxy) is 1. The maximum Gasteiger partial charge on any atom is 0.188 e. The Kier molecular flexibility index (Phi) is 6.22. The first kappa shape index (κ1) is 20.2. The molecule has 0 amide bonds. The van der Waals surface area contributed by atoms with Gasteiger partial charge in [-0.05, 0) is 43.0 Å². The van der Waals surface area contributed by atoms with E-state index in [-0.39, 0.29) is 11.9 Å². The predicted octanol–water partition coefficient (Wildman–Crippen LogP) is 5.01. The second kappa shape index (κ2) is 8.63. The predicted molar refractivity (Wildman–Crippen MR) is 114 cm³/mol. The van der Waals surface area contributed by atoms with Crippen LogP contribution in [0.2, 0.25) is 0 Å². The molecule has 2 heterocycles. The van der Waals surface area contributed by atoms with Crippen LogP contribution < -0.4 is 14.5 Å². The molecule has 5 heteroatoms. The fourth-order valence-corrected chi connectivity index (χ4v) is 3.73. The second-order valence-electron chi connectivity index (χ2n) is 7.97. The van der Waals surface area contributed by atoms with E-state index in [1.165, 1.54) is 11.1 Å². The summed E-state index contributed by atoms with van der Waals surface area (Å²) in [7, 11) is 3.60. The zero-order valence-corrected chi connectivity index (χ0v) is 17.3. The lowest BCUT2D eigenvalue weighted by molar-refractivity contribution is 0.225. The van der Waals surface area contributed by atoms with Crippen LogP contribution in [0.25, 0.3) is 0 Å². The average molecular weight is 384 g/mol. The maximum atomic E-state index is 14.7. The topological polar surface area (TPSA) is 28.6 Å². The van der Waals surface area contributed by atoms with Gasteiger partial charge in [0.1, 0.15) is 11.9 Å². The molecule has 3 rings (SSSR count). The van der Waals surface area contributed by atoms with E-state index in [1.54, 1.807) is 31.3 Å². The highest BCUT2D eigenvalue weighted by Gasteiger charge is 2.27. The molecule has 1 aromatic carbocycles. The lowest BCUT2D eigenvalue weighted by atomic mass is 9.95. The molecule has 2 aromatic rings. The summed E-state index contributed by atoms with van der Waals surface area (Å²) in [6, 6.07) is 10.1. The van der Waals surface area contributed by atoms with Crippen molar-refractivity contribution in [2.24, 2.45) is 0 Å². The minimum atomic E-state index is -0.274. The number of rotatable bonds is 7. The summed E-state index contributed by atoms with van der Waals surface area (Å²) in [4.78, 5) is 7.86. The number of allylic oxidation sites excluding steroid dienone is 1. The number of hydrogen-bond donors (Lipinski definition) is 0. The average Bonchev–Trinajstić information content (AvgIpc) is 3.10. The molecule has 1 aliphatic rings. The largest absolute Gasteiger partial charge is 0.489 e. The van der Waals surface area contributed by atoms with Crippen LogP contribution in [0.1, 0.15) is 38.2 Å². The Labute approximate surface area is 167 Å². The Hall–Kier alpha value is -2.56. The highest BCUT2D eigenvalue weighted by molar-refractivity contribution is 5.57. The highest BCUT2D eigenvalue weighted by atomic mass is 19.1. The zero-order chi connectivity index (χ0) is 20.3. The van der Waals surface area contributed by atoms with E-state index >= 15 is 0 Å². The first-order chi connectivity index (χ1) is 13.3. The van der Waals surface area contributed by atoms with Crippen LogP contribution in [0, 0.1) is 5.82 Å². The molecule has 0 saturated carbocycles. The Balaban J connectivity index is 1.62. The molecule has 0 N–H and O–H groups in total. The van der Waals surface area contributed by atoms with Gasteiger partial charge in [-0.25, -0.2) is 9.37 Å². The summed E-state index contributed by atoms with van der Waals surface area (Å²) in [6.07, 6.45) is 3.57. The lowest BCUT2D eigenvalue weighted by Gasteiger charge is -2.22. The van der Waals surface area contributed by atoms with Gasteiger partial charge in [0.05, 0.1) is 12.2 Å². The Bertz CT molecular complexity index is 819. The van der Waals surface area contributed by atoms with Crippen molar-refractivity contribution in [3.05, 3.63) is 60.1 Å². The molecular formula is C23H30FN3O. The Morgan fingerprint density at radius 1 is 1.32 bits per heavy atom. The standard InChI is InChI=1S/C23H30FN3O/c1-16(2)14-17(3)18-6-8-19(9-7-18)28-20-11-13-27(15-20)21-10-12-25-23(22(21)24)26(4)5/h6-10,12,17,20H,1,11,13-15H2,2-5H3/t17-,20-/m1/s1. The molecule has 0 bridgehead atoms. The number of hydrogen-bond acceptors (Lipinski definition) is 4. The number of benzene rings is 1. The van der Waals surface area contributed by atoms with Gasteiger partial charge in [-0.2, -0.15) is 0 Å². The van der Waals surface area contributed by atoms with Crippen LogP contribution >= 0.6 is 0 Å². The van der Waals surface area contributed by atoms with Gasteiger partial charge in [-0.1, -0.05) is 24.6 Å². The quantitative estimate of drug-likeness (QED) is 0.628. The molecule has 0 radical (unpaired) electrons. The van der Waals surface area contributed by atoms with Crippen molar-refractivity contribution >= 4 is 11.5 Å². The van der Waals surface area contributed by atoms with Crippen LogP contribution in [-0.4, -0.2) is 38.3 Å². The first-order valence-corrected chi connectivity index (χ1v) is 9.83.